The number of ether oxygens (including phenoxy) is 4. The van der Waals surface area contributed by atoms with Crippen LogP contribution in [0.5, 0.6) is 0 Å². The summed E-state index contributed by atoms with van der Waals surface area (Å²) >= 11 is 0. The molecule has 2 saturated heterocycles. The van der Waals surface area contributed by atoms with E-state index >= 15 is 0 Å². The van der Waals surface area contributed by atoms with Crippen LogP contribution >= 0.6 is 0 Å². The van der Waals surface area contributed by atoms with Crippen molar-refractivity contribution in [3.63, 3.8) is 0 Å². The minimum Gasteiger partial charge on any atom is -0.462 e. The SMILES string of the molecule is C/C1=C\[C@@H](C)[C@H](C)OC(=O)[C@H](C)[C@H](O)[C@H](C)[C@@H](O[C@@H]2O[C@H](C)C[C@@H](N(C)C)[C@H]2O)[C@H](C)C[C@]2(CO2)C1=O. The number of hydrogen-bond acceptors (Lipinski definition) is 9. The Labute approximate surface area is 221 Å². The van der Waals surface area contributed by atoms with Gasteiger partial charge in [0, 0.05) is 17.9 Å². The van der Waals surface area contributed by atoms with Crippen molar-refractivity contribution in [1.82, 2.24) is 4.90 Å². The molecule has 37 heavy (non-hydrogen) atoms. The molecular weight excluding hydrogens is 478 g/mol. The molecule has 0 bridgehead atoms. The second-order valence-corrected chi connectivity index (χ2v) is 12.0. The molecule has 12 atom stereocenters. The van der Waals surface area contributed by atoms with Crippen molar-refractivity contribution in [2.45, 2.75) is 110 Å². The molecule has 9 nitrogen and oxygen atoms in total. The van der Waals surface area contributed by atoms with Gasteiger partial charge in [-0.15, -0.1) is 0 Å². The summed E-state index contributed by atoms with van der Waals surface area (Å²) < 4.78 is 23.9. The summed E-state index contributed by atoms with van der Waals surface area (Å²) in [6, 6.07) is -0.160. The molecule has 3 aliphatic rings. The summed E-state index contributed by atoms with van der Waals surface area (Å²) in [5.41, 5.74) is -0.364. The lowest BCUT2D eigenvalue weighted by atomic mass is 9.79. The number of nitrogens with zero attached hydrogens (tertiary/aromatic N) is 1. The first kappa shape index (κ1) is 30.2. The molecule has 3 aliphatic heterocycles. The van der Waals surface area contributed by atoms with Gasteiger partial charge in [0.25, 0.3) is 0 Å². The number of esters is 1. The standard InChI is InChI=1S/C28H47NO8/c1-14-10-15(2)25(32)28(13-34-28)12-16(3)24(18(5)22(30)19(6)26(33)36-20(14)7)37-27-23(31)21(29(8)9)11-17(4)35-27/h10,14,16-24,27,30-31H,11-13H2,1-9H3/b15-10+/t14-,16-,17-,18+,19-,20+,21-,22-,23-,24+,27+,28+/m1/s1. The fourth-order valence-corrected chi connectivity index (χ4v) is 5.80. The lowest BCUT2D eigenvalue weighted by molar-refractivity contribution is -0.283. The predicted molar refractivity (Wildman–Crippen MR) is 138 cm³/mol. The number of cyclic esters (lactones) is 1. The highest BCUT2D eigenvalue weighted by Crippen LogP contribution is 2.41. The number of Topliss-reactive ketones (excluding diaryl/α,β-unsaturated/α-hetero) is 1. The highest BCUT2D eigenvalue weighted by Gasteiger charge is 2.54. The van der Waals surface area contributed by atoms with Crippen LogP contribution in [0, 0.1) is 23.7 Å². The fraction of sp³-hybridized carbons (Fsp3) is 0.857. The quantitative estimate of drug-likeness (QED) is 0.423. The van der Waals surface area contributed by atoms with Gasteiger partial charge in [0.2, 0.25) is 0 Å². The second-order valence-electron chi connectivity index (χ2n) is 12.0. The number of aliphatic hydroxyl groups excluding tert-OH is 2. The maximum absolute atomic E-state index is 13.4. The Morgan fingerprint density at radius 1 is 1.05 bits per heavy atom. The van der Waals surface area contributed by atoms with Gasteiger partial charge in [0.1, 0.15) is 12.2 Å². The van der Waals surface area contributed by atoms with Gasteiger partial charge in [-0.3, -0.25) is 9.59 Å². The highest BCUT2D eigenvalue weighted by atomic mass is 16.7. The first-order valence-electron chi connectivity index (χ1n) is 13.6. The largest absolute Gasteiger partial charge is 0.462 e. The zero-order valence-corrected chi connectivity index (χ0v) is 23.8. The molecule has 0 aromatic heterocycles. The fourth-order valence-electron chi connectivity index (χ4n) is 5.80. The van der Waals surface area contributed by atoms with Crippen LogP contribution in [0.2, 0.25) is 0 Å². The van der Waals surface area contributed by atoms with E-state index in [1.54, 1.807) is 20.8 Å². The highest BCUT2D eigenvalue weighted by molar-refractivity contribution is 6.03. The molecule has 2 fully saturated rings. The molecule has 0 amide bonds. The number of likely N-dealkylation sites (N-methyl/N-ethyl adjacent to an activating group) is 1. The first-order valence-corrected chi connectivity index (χ1v) is 13.6. The third-order valence-corrected chi connectivity index (χ3v) is 8.54. The van der Waals surface area contributed by atoms with Crippen LogP contribution in [-0.2, 0) is 28.5 Å². The molecule has 212 valence electrons. The Hall–Kier alpha value is -1.36. The van der Waals surface area contributed by atoms with Crippen molar-refractivity contribution in [3.05, 3.63) is 11.6 Å². The van der Waals surface area contributed by atoms with E-state index in [0.717, 1.165) is 0 Å². The Morgan fingerprint density at radius 3 is 2.24 bits per heavy atom. The van der Waals surface area contributed by atoms with Crippen LogP contribution in [0.3, 0.4) is 0 Å². The Morgan fingerprint density at radius 2 is 1.68 bits per heavy atom. The van der Waals surface area contributed by atoms with Crippen molar-refractivity contribution in [1.29, 1.82) is 0 Å². The van der Waals surface area contributed by atoms with E-state index in [1.165, 1.54) is 0 Å². The zero-order chi connectivity index (χ0) is 27.8. The Balaban J connectivity index is 1.95. The van der Waals surface area contributed by atoms with Gasteiger partial charge in [-0.1, -0.05) is 26.8 Å². The molecule has 0 aromatic rings. The maximum Gasteiger partial charge on any atom is 0.311 e. The van der Waals surface area contributed by atoms with Gasteiger partial charge in [0.15, 0.2) is 17.7 Å². The summed E-state index contributed by atoms with van der Waals surface area (Å²) in [4.78, 5) is 28.3. The first-order chi connectivity index (χ1) is 17.2. The van der Waals surface area contributed by atoms with Crippen molar-refractivity contribution >= 4 is 11.8 Å². The molecule has 0 radical (unpaired) electrons. The van der Waals surface area contributed by atoms with E-state index in [9.17, 15) is 19.8 Å². The number of hydrogen-bond donors (Lipinski definition) is 2. The Kier molecular flexibility index (Phi) is 9.63. The summed E-state index contributed by atoms with van der Waals surface area (Å²) in [7, 11) is 3.81. The molecular formula is C28H47NO8. The summed E-state index contributed by atoms with van der Waals surface area (Å²) in [5.74, 6) is -2.35. The number of carbonyl (C=O) groups excluding carboxylic acids is 2. The zero-order valence-electron chi connectivity index (χ0n) is 23.8. The molecule has 3 heterocycles. The van der Waals surface area contributed by atoms with Gasteiger partial charge >= 0.3 is 5.97 Å². The summed E-state index contributed by atoms with van der Waals surface area (Å²) in [6.07, 6.45) is -1.27. The van der Waals surface area contributed by atoms with E-state index in [-0.39, 0.29) is 29.8 Å². The molecule has 0 saturated carbocycles. The third kappa shape index (κ3) is 6.62. The van der Waals surface area contributed by atoms with Gasteiger partial charge in [-0.2, -0.15) is 0 Å². The molecule has 1 spiro atoms. The van der Waals surface area contributed by atoms with E-state index in [4.69, 9.17) is 18.9 Å². The van der Waals surface area contributed by atoms with Crippen molar-refractivity contribution in [2.24, 2.45) is 23.7 Å². The van der Waals surface area contributed by atoms with Crippen molar-refractivity contribution < 1.29 is 38.7 Å². The minimum atomic E-state index is -1.07. The van der Waals surface area contributed by atoms with E-state index < -0.39 is 54.1 Å². The van der Waals surface area contributed by atoms with E-state index in [1.807, 2.05) is 52.8 Å². The van der Waals surface area contributed by atoms with Crippen molar-refractivity contribution in [3.8, 4) is 0 Å². The minimum absolute atomic E-state index is 0.0858. The monoisotopic (exact) mass is 525 g/mol. The molecule has 0 aromatic carbocycles. The van der Waals surface area contributed by atoms with Crippen LogP contribution in [-0.4, -0.2) is 96.0 Å². The summed E-state index contributed by atoms with van der Waals surface area (Å²) in [5, 5.41) is 22.4. The average molecular weight is 526 g/mol. The molecule has 2 N–H and O–H groups in total. The predicted octanol–water partition coefficient (Wildman–Crippen LogP) is 2.32. The molecule has 0 unspecified atom stereocenters. The average Bonchev–Trinajstić information content (AvgIpc) is 3.61. The summed E-state index contributed by atoms with van der Waals surface area (Å²) in [6.45, 7) is 13.1. The van der Waals surface area contributed by atoms with Crippen LogP contribution < -0.4 is 0 Å². The smallest absolute Gasteiger partial charge is 0.311 e. The van der Waals surface area contributed by atoms with Crippen LogP contribution in [0.25, 0.3) is 0 Å². The van der Waals surface area contributed by atoms with Gasteiger partial charge in [0.05, 0.1) is 30.8 Å². The van der Waals surface area contributed by atoms with Gasteiger partial charge in [-0.05, 0) is 66.1 Å². The molecule has 0 aliphatic carbocycles. The number of rotatable bonds is 3. The van der Waals surface area contributed by atoms with E-state index in [0.29, 0.717) is 25.0 Å². The number of carbonyl (C=O) groups is 2. The van der Waals surface area contributed by atoms with Crippen LogP contribution in [0.15, 0.2) is 11.6 Å². The van der Waals surface area contributed by atoms with Gasteiger partial charge in [-0.25, -0.2) is 0 Å². The lowest BCUT2D eigenvalue weighted by Crippen LogP contribution is -2.56. The van der Waals surface area contributed by atoms with Crippen LogP contribution in [0.1, 0.15) is 61.3 Å². The maximum atomic E-state index is 13.4. The Bertz CT molecular complexity index is 855. The number of epoxide rings is 1. The van der Waals surface area contributed by atoms with Crippen LogP contribution in [0.4, 0.5) is 0 Å². The lowest BCUT2D eigenvalue weighted by Gasteiger charge is -2.44. The third-order valence-electron chi connectivity index (χ3n) is 8.54. The molecule has 9 heteroatoms. The number of aliphatic hydroxyl groups is 2. The van der Waals surface area contributed by atoms with Crippen molar-refractivity contribution in [2.75, 3.05) is 20.7 Å². The molecule has 3 rings (SSSR count). The van der Waals surface area contributed by atoms with Gasteiger partial charge < -0.3 is 34.1 Å². The van der Waals surface area contributed by atoms with E-state index in [2.05, 4.69) is 0 Å². The normalized spacial score (nSPS) is 47.8. The second kappa shape index (κ2) is 11.8. The number of ketones is 1. The topological polar surface area (TPSA) is 118 Å².